The maximum Gasteiger partial charge on any atom is 0.176 e. The molecule has 0 N–H and O–H groups in total. The first kappa shape index (κ1) is 11.9. The van der Waals surface area contributed by atoms with Crippen molar-refractivity contribution in [1.82, 2.24) is 0 Å². The molecule has 90 valence electrons. The molecule has 1 atom stereocenters. The highest BCUT2D eigenvalue weighted by Gasteiger charge is 2.41. The van der Waals surface area contributed by atoms with Crippen molar-refractivity contribution in [1.29, 1.82) is 0 Å². The number of hydrogen-bond donors (Lipinski definition) is 0. The van der Waals surface area contributed by atoms with Crippen molar-refractivity contribution in [3.05, 3.63) is 23.8 Å². The van der Waals surface area contributed by atoms with E-state index in [1.165, 1.54) is 12.0 Å². The second-order valence-electron chi connectivity index (χ2n) is 5.24. The third-order valence-electron chi connectivity index (χ3n) is 3.95. The van der Waals surface area contributed by atoms with Crippen LogP contribution in [0.5, 0.6) is 0 Å². The molecule has 2 aliphatic rings. The minimum Gasteiger partial charge on any atom is -0.348 e. The molecule has 2 nitrogen and oxygen atoms in total. The Morgan fingerprint density at radius 2 is 2.06 bits per heavy atom. The van der Waals surface area contributed by atoms with Crippen molar-refractivity contribution in [2.75, 3.05) is 13.2 Å². The lowest BCUT2D eigenvalue weighted by Crippen LogP contribution is -2.46. The lowest BCUT2D eigenvalue weighted by atomic mass is 9.68. The van der Waals surface area contributed by atoms with E-state index in [2.05, 4.69) is 19.9 Å². The zero-order valence-corrected chi connectivity index (χ0v) is 10.5. The second-order valence-corrected chi connectivity index (χ2v) is 5.24. The van der Waals surface area contributed by atoms with Gasteiger partial charge in [0.1, 0.15) is 0 Å². The smallest absolute Gasteiger partial charge is 0.176 e. The molecule has 1 heterocycles. The predicted octanol–water partition coefficient (Wildman–Crippen LogP) is 3.30. The number of ether oxygens (including phenoxy) is 2. The Hall–Kier alpha value is -0.600. The molecule has 2 heteroatoms. The minimum absolute atomic E-state index is 0.130. The average molecular weight is 222 g/mol. The summed E-state index contributed by atoms with van der Waals surface area (Å²) in [5.41, 5.74) is 1.73. The number of allylic oxidation sites excluding steroid dienone is 3. The molecule has 0 amide bonds. The van der Waals surface area contributed by atoms with Gasteiger partial charge in [0.2, 0.25) is 0 Å². The summed E-state index contributed by atoms with van der Waals surface area (Å²) >= 11 is 0. The van der Waals surface area contributed by atoms with Gasteiger partial charge >= 0.3 is 0 Å². The maximum absolute atomic E-state index is 5.78. The fraction of sp³-hybridized carbons (Fsp3) is 0.714. The van der Waals surface area contributed by atoms with Crippen LogP contribution in [-0.4, -0.2) is 19.5 Å². The fourth-order valence-electron chi connectivity index (χ4n) is 2.62. The summed E-state index contributed by atoms with van der Waals surface area (Å²) in [5, 5.41) is 0. The predicted molar refractivity (Wildman–Crippen MR) is 65.1 cm³/mol. The fourth-order valence-corrected chi connectivity index (χ4v) is 2.62. The molecule has 0 unspecified atom stereocenters. The van der Waals surface area contributed by atoms with Gasteiger partial charge in [-0.05, 0) is 38.7 Å². The van der Waals surface area contributed by atoms with Crippen LogP contribution < -0.4 is 0 Å². The Kier molecular flexibility index (Phi) is 3.50. The third-order valence-corrected chi connectivity index (χ3v) is 3.95. The highest BCUT2D eigenvalue weighted by atomic mass is 16.7. The van der Waals surface area contributed by atoms with Crippen LogP contribution in [0.1, 0.15) is 33.6 Å². The third kappa shape index (κ3) is 2.23. The monoisotopic (exact) mass is 222 g/mol. The molecule has 0 aromatic heterocycles. The van der Waals surface area contributed by atoms with E-state index in [4.69, 9.17) is 9.47 Å². The van der Waals surface area contributed by atoms with E-state index < -0.39 is 0 Å². The van der Waals surface area contributed by atoms with Gasteiger partial charge in [0, 0.05) is 5.41 Å². The molecule has 1 saturated heterocycles. The first-order valence-corrected chi connectivity index (χ1v) is 6.18. The van der Waals surface area contributed by atoms with Crippen molar-refractivity contribution in [3.8, 4) is 0 Å². The van der Waals surface area contributed by atoms with Gasteiger partial charge in [-0.2, -0.15) is 0 Å². The van der Waals surface area contributed by atoms with E-state index in [9.17, 15) is 0 Å². The molecule has 1 aliphatic heterocycles. The zero-order chi connectivity index (χ0) is 11.6. The van der Waals surface area contributed by atoms with Crippen LogP contribution in [0.3, 0.4) is 0 Å². The van der Waals surface area contributed by atoms with Gasteiger partial charge in [0.05, 0.1) is 13.2 Å². The van der Waals surface area contributed by atoms with E-state index in [1.807, 2.05) is 19.1 Å². The maximum atomic E-state index is 5.78. The molecule has 0 saturated carbocycles. The van der Waals surface area contributed by atoms with Crippen molar-refractivity contribution < 1.29 is 9.47 Å². The molecule has 0 bridgehead atoms. The lowest BCUT2D eigenvalue weighted by molar-refractivity contribution is -0.219. The van der Waals surface area contributed by atoms with Gasteiger partial charge < -0.3 is 9.47 Å². The van der Waals surface area contributed by atoms with Gasteiger partial charge in [-0.15, -0.1) is 0 Å². The molecular weight excluding hydrogens is 200 g/mol. The molecular formula is C14H22O2. The Labute approximate surface area is 98.3 Å². The number of rotatable bonds is 1. The van der Waals surface area contributed by atoms with Crippen LogP contribution in [-0.2, 0) is 9.47 Å². The summed E-state index contributed by atoms with van der Waals surface area (Å²) in [6, 6.07) is 0. The van der Waals surface area contributed by atoms with E-state index in [1.54, 1.807) is 0 Å². The molecule has 0 aromatic carbocycles. The number of hydrogen-bond acceptors (Lipinski definition) is 2. The van der Waals surface area contributed by atoms with E-state index in [0.717, 1.165) is 19.6 Å². The minimum atomic E-state index is -0.130. The average Bonchev–Trinajstić information content (AvgIpc) is 2.27. The quantitative estimate of drug-likeness (QED) is 0.634. The van der Waals surface area contributed by atoms with Gasteiger partial charge in [0.15, 0.2) is 6.29 Å². The van der Waals surface area contributed by atoms with Gasteiger partial charge in [0.25, 0.3) is 0 Å². The van der Waals surface area contributed by atoms with Gasteiger partial charge in [-0.1, -0.05) is 24.6 Å². The van der Waals surface area contributed by atoms with Crippen molar-refractivity contribution in [2.24, 2.45) is 11.3 Å². The molecule has 0 radical (unpaired) electrons. The van der Waals surface area contributed by atoms with E-state index >= 15 is 0 Å². The molecule has 0 aromatic rings. The van der Waals surface area contributed by atoms with E-state index in [0.29, 0.717) is 5.92 Å². The molecule has 1 fully saturated rings. The Bertz CT molecular complexity index is 296. The zero-order valence-electron chi connectivity index (χ0n) is 10.5. The molecule has 1 spiro atoms. The van der Waals surface area contributed by atoms with Crippen molar-refractivity contribution in [3.63, 3.8) is 0 Å². The molecule has 2 rings (SSSR count). The Balaban J connectivity index is 2.01. The second kappa shape index (κ2) is 4.72. The topological polar surface area (TPSA) is 18.5 Å². The first-order chi connectivity index (χ1) is 7.66. The van der Waals surface area contributed by atoms with Crippen LogP contribution in [0.2, 0.25) is 0 Å². The van der Waals surface area contributed by atoms with Gasteiger partial charge in [-0.3, -0.25) is 0 Å². The van der Waals surface area contributed by atoms with Crippen LogP contribution in [0.25, 0.3) is 0 Å². The largest absolute Gasteiger partial charge is 0.348 e. The van der Waals surface area contributed by atoms with Crippen molar-refractivity contribution in [2.45, 2.75) is 39.9 Å². The highest BCUT2D eigenvalue weighted by Crippen LogP contribution is 2.43. The lowest BCUT2D eigenvalue weighted by Gasteiger charge is -2.45. The summed E-state index contributed by atoms with van der Waals surface area (Å²) in [6.07, 6.45) is 8.46. The highest BCUT2D eigenvalue weighted by molar-refractivity contribution is 5.10. The first-order valence-electron chi connectivity index (χ1n) is 6.18. The van der Waals surface area contributed by atoms with Crippen LogP contribution in [0, 0.1) is 11.3 Å². The Morgan fingerprint density at radius 3 is 2.62 bits per heavy atom. The molecule has 16 heavy (non-hydrogen) atoms. The van der Waals surface area contributed by atoms with E-state index in [-0.39, 0.29) is 11.7 Å². The SMILES string of the molecule is C/C=C/C1OCC2(CC=C(C)C[C@@H]2C)CO1. The standard InChI is InChI=1S/C14H22O2/c1-4-5-13-15-9-14(10-16-13)7-6-11(2)8-12(14)3/h4-6,12-13H,7-10H2,1-3H3/b5-4+/t12-,13?,14?/m0/s1. The van der Waals surface area contributed by atoms with Crippen LogP contribution >= 0.6 is 0 Å². The van der Waals surface area contributed by atoms with Crippen LogP contribution in [0.15, 0.2) is 23.8 Å². The Morgan fingerprint density at radius 1 is 1.38 bits per heavy atom. The normalized spacial score (nSPS) is 40.3. The summed E-state index contributed by atoms with van der Waals surface area (Å²) in [4.78, 5) is 0. The van der Waals surface area contributed by atoms with Crippen molar-refractivity contribution >= 4 is 0 Å². The van der Waals surface area contributed by atoms with Crippen LogP contribution in [0.4, 0.5) is 0 Å². The van der Waals surface area contributed by atoms with Gasteiger partial charge in [-0.25, -0.2) is 0 Å². The summed E-state index contributed by atoms with van der Waals surface area (Å²) in [6.45, 7) is 8.18. The summed E-state index contributed by atoms with van der Waals surface area (Å²) in [7, 11) is 0. The molecule has 1 aliphatic carbocycles. The summed E-state index contributed by atoms with van der Waals surface area (Å²) < 4.78 is 11.6. The summed E-state index contributed by atoms with van der Waals surface area (Å²) in [5.74, 6) is 0.657.